The summed E-state index contributed by atoms with van der Waals surface area (Å²) in [5.74, 6) is 0. The van der Waals surface area contributed by atoms with E-state index in [-0.39, 0.29) is 6.10 Å². The number of epoxide rings is 1. The van der Waals surface area contributed by atoms with Gasteiger partial charge in [-0.25, -0.2) is 11.4 Å². The maximum Gasteiger partial charge on any atom is 0.413 e. The number of alkyl carbamates (subject to hydrolysis) is 1. The average molecular weight is 367 g/mol. The number of nitrogens with zero attached hydrogens (tertiary/aromatic N) is 2. The number of rotatable bonds is 5. The van der Waals surface area contributed by atoms with Gasteiger partial charge in [0, 0.05) is 25.3 Å². The van der Waals surface area contributed by atoms with Crippen LogP contribution in [0.4, 0.5) is 10.5 Å². The summed E-state index contributed by atoms with van der Waals surface area (Å²) >= 11 is 0. The van der Waals surface area contributed by atoms with Crippen LogP contribution in [0.5, 0.6) is 0 Å². The predicted octanol–water partition coefficient (Wildman–Crippen LogP) is 2.72. The fourth-order valence-electron chi connectivity index (χ4n) is 3.12. The van der Waals surface area contributed by atoms with Gasteiger partial charge in [0.05, 0.1) is 31.5 Å². The molecule has 2 unspecified atom stereocenters. The molecule has 140 valence electrons. The summed E-state index contributed by atoms with van der Waals surface area (Å²) in [5, 5.41) is 4.71. The summed E-state index contributed by atoms with van der Waals surface area (Å²) in [7, 11) is 0. The van der Waals surface area contributed by atoms with Crippen LogP contribution >= 0.6 is 0 Å². The molecule has 1 N–H and O–H groups in total. The first-order valence-electron chi connectivity index (χ1n) is 9.02. The highest BCUT2D eigenvalue weighted by atomic mass is 16.6. The number of morpholine rings is 1. The van der Waals surface area contributed by atoms with E-state index < -0.39 is 12.3 Å². The molecule has 27 heavy (non-hydrogen) atoms. The highest BCUT2D eigenvalue weighted by Gasteiger charge is 2.26. The molecule has 0 saturated carbocycles. The van der Waals surface area contributed by atoms with Gasteiger partial charge in [-0.2, -0.15) is 0 Å². The average Bonchev–Trinajstić information content (AvgIpc) is 3.55. The Kier molecular flexibility index (Phi) is 5.10. The zero-order valence-corrected chi connectivity index (χ0v) is 14.9. The highest BCUT2D eigenvalue weighted by Crippen LogP contribution is 2.27. The summed E-state index contributed by atoms with van der Waals surface area (Å²) in [4.78, 5) is 17.6. The molecule has 2 aromatic carbocycles. The lowest BCUT2D eigenvalue weighted by Gasteiger charge is -2.29. The number of hydrogen-bond acceptors (Lipinski definition) is 5. The van der Waals surface area contributed by atoms with E-state index in [0.29, 0.717) is 18.7 Å². The Morgan fingerprint density at radius 1 is 1.26 bits per heavy atom. The molecule has 1 amide bonds. The van der Waals surface area contributed by atoms with Crippen molar-refractivity contribution in [3.8, 4) is 0 Å². The van der Waals surface area contributed by atoms with Gasteiger partial charge in [-0.3, -0.25) is 4.85 Å². The number of nitrogens with one attached hydrogen (secondary N) is 1. The summed E-state index contributed by atoms with van der Waals surface area (Å²) in [5.41, 5.74) is 1.83. The molecule has 7 heteroatoms. The van der Waals surface area contributed by atoms with Gasteiger partial charge in [0.2, 0.25) is 0 Å². The number of benzene rings is 2. The monoisotopic (exact) mass is 367 g/mol. The molecule has 2 aliphatic rings. The van der Waals surface area contributed by atoms with Gasteiger partial charge in [0.15, 0.2) is 0 Å². The minimum atomic E-state index is -0.964. The lowest BCUT2D eigenvalue weighted by atomic mass is 10.0. The number of ether oxygens (including phenoxy) is 3. The van der Waals surface area contributed by atoms with Crippen molar-refractivity contribution >= 4 is 22.6 Å². The molecule has 0 bridgehead atoms. The minimum absolute atomic E-state index is 0.0743. The quantitative estimate of drug-likeness (QED) is 0.650. The Hall–Kier alpha value is -2.82. The van der Waals surface area contributed by atoms with Crippen molar-refractivity contribution in [2.24, 2.45) is 0 Å². The molecule has 0 aromatic heterocycles. The normalized spacial score (nSPS) is 20.0. The molecule has 2 heterocycles. The maximum atomic E-state index is 11.9. The van der Waals surface area contributed by atoms with E-state index in [0.717, 1.165) is 37.1 Å². The first kappa shape index (κ1) is 17.6. The predicted molar refractivity (Wildman–Crippen MR) is 101 cm³/mol. The van der Waals surface area contributed by atoms with Gasteiger partial charge < -0.3 is 24.4 Å². The Bertz CT molecular complexity index is 869. The van der Waals surface area contributed by atoms with Crippen LogP contribution < -0.4 is 10.2 Å². The standard InChI is InChI=1S/C20H21N3O4/c1-21-19(27-20(24)22-12-18-13-26-18)16-3-2-15-11-17(5-4-14(15)10-16)23-6-8-25-9-7-23/h2-5,10-11,18-19H,6-9,12-13H2,(H,22,24). The molecule has 7 nitrogen and oxygen atoms in total. The van der Waals surface area contributed by atoms with E-state index in [9.17, 15) is 4.79 Å². The fraction of sp³-hybridized carbons (Fsp3) is 0.400. The first-order chi connectivity index (χ1) is 13.2. The zero-order valence-electron chi connectivity index (χ0n) is 14.9. The smallest absolute Gasteiger partial charge is 0.378 e. The third kappa shape index (κ3) is 4.30. The molecule has 4 rings (SSSR count). The molecule has 0 radical (unpaired) electrons. The van der Waals surface area contributed by atoms with Crippen molar-refractivity contribution in [3.05, 3.63) is 53.4 Å². The summed E-state index contributed by atoms with van der Waals surface area (Å²) in [6.45, 7) is 11.7. The highest BCUT2D eigenvalue weighted by molar-refractivity contribution is 5.86. The lowest BCUT2D eigenvalue weighted by Crippen LogP contribution is -2.36. The van der Waals surface area contributed by atoms with Crippen molar-refractivity contribution in [2.75, 3.05) is 44.4 Å². The minimum Gasteiger partial charge on any atom is -0.378 e. The molecule has 2 aliphatic heterocycles. The van der Waals surface area contributed by atoms with Crippen LogP contribution in [-0.2, 0) is 14.2 Å². The third-order valence-corrected chi connectivity index (χ3v) is 4.72. The molecule has 2 fully saturated rings. The number of carbonyl (C=O) groups is 1. The molecule has 2 aromatic rings. The topological polar surface area (TPSA) is 67.7 Å². The van der Waals surface area contributed by atoms with E-state index >= 15 is 0 Å². The zero-order chi connectivity index (χ0) is 18.6. The van der Waals surface area contributed by atoms with Crippen LogP contribution in [0, 0.1) is 6.57 Å². The van der Waals surface area contributed by atoms with E-state index in [4.69, 9.17) is 20.8 Å². The Morgan fingerprint density at radius 2 is 2.00 bits per heavy atom. The largest absolute Gasteiger partial charge is 0.413 e. The molecular weight excluding hydrogens is 346 g/mol. The second kappa shape index (κ2) is 7.82. The van der Waals surface area contributed by atoms with E-state index in [2.05, 4.69) is 27.2 Å². The van der Waals surface area contributed by atoms with Crippen LogP contribution in [0.15, 0.2) is 36.4 Å². The first-order valence-corrected chi connectivity index (χ1v) is 9.02. The van der Waals surface area contributed by atoms with E-state index in [1.165, 1.54) is 5.69 Å². The van der Waals surface area contributed by atoms with Crippen molar-refractivity contribution in [2.45, 2.75) is 12.3 Å². The third-order valence-electron chi connectivity index (χ3n) is 4.72. The van der Waals surface area contributed by atoms with Crippen molar-refractivity contribution < 1.29 is 19.0 Å². The Labute approximate surface area is 157 Å². The number of carbonyl (C=O) groups excluding carboxylic acids is 1. The summed E-state index contributed by atoms with van der Waals surface area (Å²) in [6.07, 6.45) is -1.49. The SMILES string of the molecule is [C-]#[N+]C(OC(=O)NCC1CO1)c1ccc2cc(N3CCOCC3)ccc2c1. The van der Waals surface area contributed by atoms with Gasteiger partial charge in [0.1, 0.15) is 0 Å². The Balaban J connectivity index is 1.47. The number of hydrogen-bond donors (Lipinski definition) is 1. The van der Waals surface area contributed by atoms with Gasteiger partial charge >= 0.3 is 12.3 Å². The molecule has 2 atom stereocenters. The Morgan fingerprint density at radius 3 is 2.74 bits per heavy atom. The summed E-state index contributed by atoms with van der Waals surface area (Å²) < 4.78 is 15.7. The van der Waals surface area contributed by atoms with Crippen LogP contribution in [0.3, 0.4) is 0 Å². The van der Waals surface area contributed by atoms with Gasteiger partial charge in [-0.15, -0.1) is 0 Å². The van der Waals surface area contributed by atoms with Crippen LogP contribution in [0.25, 0.3) is 15.6 Å². The van der Waals surface area contributed by atoms with Gasteiger partial charge in [0.25, 0.3) is 0 Å². The number of fused-ring (bicyclic) bond motifs is 1. The van der Waals surface area contributed by atoms with Crippen molar-refractivity contribution in [1.82, 2.24) is 5.32 Å². The van der Waals surface area contributed by atoms with Crippen LogP contribution in [0.2, 0.25) is 0 Å². The number of amides is 1. The summed E-state index contributed by atoms with van der Waals surface area (Å²) in [6, 6.07) is 12.0. The van der Waals surface area contributed by atoms with E-state index in [1.54, 1.807) is 0 Å². The van der Waals surface area contributed by atoms with Gasteiger partial charge in [-0.05, 0) is 35.0 Å². The van der Waals surface area contributed by atoms with Crippen molar-refractivity contribution in [1.29, 1.82) is 0 Å². The molecule has 2 saturated heterocycles. The van der Waals surface area contributed by atoms with Crippen LogP contribution in [0.1, 0.15) is 11.8 Å². The van der Waals surface area contributed by atoms with Gasteiger partial charge in [-0.1, -0.05) is 12.1 Å². The second-order valence-electron chi connectivity index (χ2n) is 6.61. The van der Waals surface area contributed by atoms with E-state index in [1.807, 2.05) is 24.3 Å². The maximum absolute atomic E-state index is 11.9. The number of anilines is 1. The molecular formula is C20H21N3O4. The van der Waals surface area contributed by atoms with Crippen molar-refractivity contribution in [3.63, 3.8) is 0 Å². The van der Waals surface area contributed by atoms with Crippen LogP contribution in [-0.4, -0.2) is 51.7 Å². The lowest BCUT2D eigenvalue weighted by molar-refractivity contribution is 0.118. The second-order valence-corrected chi connectivity index (χ2v) is 6.61. The molecule has 0 spiro atoms. The molecule has 0 aliphatic carbocycles. The fourth-order valence-corrected chi connectivity index (χ4v) is 3.12.